The standard InChI is InChI=1S/C20H16BrNO3/c1-2-25-20(24)18-16-11-9-13(21)8-10-15(16)17(19(18)23)12-22-14-6-4-3-5-7-14/h3-12,23H,2H2,1H3. The molecule has 5 heteroatoms. The van der Waals surface area contributed by atoms with E-state index in [0.717, 1.165) is 15.7 Å². The number of hydrogen-bond acceptors (Lipinski definition) is 4. The van der Waals surface area contributed by atoms with Crippen LogP contribution in [0.3, 0.4) is 0 Å². The highest BCUT2D eigenvalue weighted by atomic mass is 79.9. The number of para-hydroxylation sites is 1. The third-order valence-corrected chi connectivity index (χ3v) is 4.27. The molecule has 4 nitrogen and oxygen atoms in total. The minimum Gasteiger partial charge on any atom is -0.506 e. The number of benzene rings is 1. The van der Waals surface area contributed by atoms with Crippen LogP contribution >= 0.6 is 15.9 Å². The SMILES string of the molecule is CCOC(=O)c1c2ccc(Br)ccc-2c(C=Nc2ccccc2)c1O. The zero-order valence-corrected chi connectivity index (χ0v) is 15.2. The molecule has 0 aromatic heterocycles. The third-order valence-electron chi connectivity index (χ3n) is 3.74. The van der Waals surface area contributed by atoms with Crippen molar-refractivity contribution in [3.63, 3.8) is 0 Å². The van der Waals surface area contributed by atoms with Crippen LogP contribution in [-0.2, 0) is 4.74 Å². The van der Waals surface area contributed by atoms with Gasteiger partial charge >= 0.3 is 5.97 Å². The molecule has 3 rings (SSSR count). The normalized spacial score (nSPS) is 11.1. The fraction of sp³-hybridized carbons (Fsp3) is 0.100. The van der Waals surface area contributed by atoms with Gasteiger partial charge in [-0.15, -0.1) is 0 Å². The second-order valence-corrected chi connectivity index (χ2v) is 6.25. The minimum absolute atomic E-state index is 0.115. The van der Waals surface area contributed by atoms with Crippen LogP contribution in [0.4, 0.5) is 5.69 Å². The van der Waals surface area contributed by atoms with E-state index in [4.69, 9.17) is 4.74 Å². The highest BCUT2D eigenvalue weighted by Gasteiger charge is 2.27. The summed E-state index contributed by atoms with van der Waals surface area (Å²) in [4.78, 5) is 16.7. The van der Waals surface area contributed by atoms with Crippen LogP contribution in [0, 0.1) is 0 Å². The van der Waals surface area contributed by atoms with Crippen molar-refractivity contribution in [2.24, 2.45) is 4.99 Å². The Kier molecular flexibility index (Phi) is 5.14. The van der Waals surface area contributed by atoms with Gasteiger partial charge in [0.1, 0.15) is 11.3 Å². The number of aromatic hydroxyl groups is 1. The van der Waals surface area contributed by atoms with E-state index in [2.05, 4.69) is 20.9 Å². The second-order valence-electron chi connectivity index (χ2n) is 5.33. The molecule has 126 valence electrons. The summed E-state index contributed by atoms with van der Waals surface area (Å²) in [5, 5.41) is 10.6. The first-order valence-electron chi connectivity index (χ1n) is 7.82. The first-order chi connectivity index (χ1) is 12.1. The van der Waals surface area contributed by atoms with Gasteiger partial charge in [0.05, 0.1) is 12.3 Å². The van der Waals surface area contributed by atoms with E-state index >= 15 is 0 Å². The molecule has 0 spiro atoms. The smallest absolute Gasteiger partial charge is 0.342 e. The third kappa shape index (κ3) is 3.56. The predicted octanol–water partition coefficient (Wildman–Crippen LogP) is 5.19. The van der Waals surface area contributed by atoms with Gasteiger partial charge in [-0.3, -0.25) is 4.99 Å². The molecule has 0 unspecified atom stereocenters. The lowest BCUT2D eigenvalue weighted by Crippen LogP contribution is -2.04. The lowest BCUT2D eigenvalue weighted by atomic mass is 10.1. The monoisotopic (exact) mass is 397 g/mol. The molecule has 0 radical (unpaired) electrons. The number of hydrogen-bond donors (Lipinski definition) is 1. The van der Waals surface area contributed by atoms with Crippen LogP contribution in [-0.4, -0.2) is 23.9 Å². The maximum Gasteiger partial charge on any atom is 0.342 e. The number of carbonyl (C=O) groups is 1. The van der Waals surface area contributed by atoms with Gasteiger partial charge in [0, 0.05) is 21.8 Å². The molecule has 0 saturated heterocycles. The van der Waals surface area contributed by atoms with E-state index < -0.39 is 5.97 Å². The highest BCUT2D eigenvalue weighted by molar-refractivity contribution is 9.10. The van der Waals surface area contributed by atoms with Crippen molar-refractivity contribution < 1.29 is 14.6 Å². The molecule has 1 aromatic rings. The van der Waals surface area contributed by atoms with E-state index in [1.807, 2.05) is 48.5 Å². The first-order valence-corrected chi connectivity index (χ1v) is 8.61. The lowest BCUT2D eigenvalue weighted by molar-refractivity contribution is 0.0524. The summed E-state index contributed by atoms with van der Waals surface area (Å²) in [6.07, 6.45) is 1.57. The molecule has 1 aromatic carbocycles. The maximum absolute atomic E-state index is 12.3. The predicted molar refractivity (Wildman–Crippen MR) is 102 cm³/mol. The van der Waals surface area contributed by atoms with Crippen molar-refractivity contribution in [2.75, 3.05) is 6.61 Å². The van der Waals surface area contributed by atoms with Crippen molar-refractivity contribution in [1.82, 2.24) is 0 Å². The van der Waals surface area contributed by atoms with E-state index in [9.17, 15) is 9.90 Å². The van der Waals surface area contributed by atoms with Crippen LogP contribution in [0.25, 0.3) is 11.1 Å². The molecule has 25 heavy (non-hydrogen) atoms. The summed E-state index contributed by atoms with van der Waals surface area (Å²) in [6.45, 7) is 1.97. The number of ether oxygens (including phenoxy) is 1. The Hall–Kier alpha value is -2.66. The Morgan fingerprint density at radius 1 is 1.12 bits per heavy atom. The average molecular weight is 398 g/mol. The van der Waals surface area contributed by atoms with Gasteiger partial charge in [0.15, 0.2) is 0 Å². The topological polar surface area (TPSA) is 58.9 Å². The summed E-state index contributed by atoms with van der Waals surface area (Å²) in [5.41, 5.74) is 2.76. The number of esters is 1. The van der Waals surface area contributed by atoms with E-state index in [0.29, 0.717) is 11.1 Å². The largest absolute Gasteiger partial charge is 0.506 e. The summed E-state index contributed by atoms with van der Waals surface area (Å²) in [7, 11) is 0. The molecule has 0 amide bonds. The number of halogens is 1. The summed E-state index contributed by atoms with van der Waals surface area (Å²) < 4.78 is 5.96. The lowest BCUT2D eigenvalue weighted by Gasteiger charge is -2.02. The van der Waals surface area contributed by atoms with Gasteiger partial charge in [0.2, 0.25) is 0 Å². The van der Waals surface area contributed by atoms with Crippen molar-refractivity contribution in [3.05, 3.63) is 70.2 Å². The fourth-order valence-electron chi connectivity index (χ4n) is 2.60. The summed E-state index contributed by atoms with van der Waals surface area (Å²) >= 11 is 3.42. The molecule has 0 atom stereocenters. The van der Waals surface area contributed by atoms with Gasteiger partial charge < -0.3 is 9.84 Å². The average Bonchev–Trinajstić information content (AvgIpc) is 2.74. The number of aliphatic imine (C=N–C) groups is 1. The van der Waals surface area contributed by atoms with Crippen LogP contribution in [0.1, 0.15) is 22.8 Å². The van der Waals surface area contributed by atoms with Crippen LogP contribution in [0.5, 0.6) is 5.75 Å². The van der Waals surface area contributed by atoms with Crippen molar-refractivity contribution in [2.45, 2.75) is 6.92 Å². The van der Waals surface area contributed by atoms with E-state index in [-0.39, 0.29) is 17.9 Å². The molecule has 2 aliphatic carbocycles. The molecule has 0 saturated carbocycles. The van der Waals surface area contributed by atoms with Crippen molar-refractivity contribution in [1.29, 1.82) is 0 Å². The molecule has 0 fully saturated rings. The summed E-state index contributed by atoms with van der Waals surface area (Å²) in [6, 6.07) is 16.7. The van der Waals surface area contributed by atoms with Crippen molar-refractivity contribution in [3.8, 4) is 16.9 Å². The Morgan fingerprint density at radius 2 is 1.80 bits per heavy atom. The molecule has 1 N–H and O–H groups in total. The Labute approximate surface area is 154 Å². The Morgan fingerprint density at radius 3 is 2.48 bits per heavy atom. The van der Waals surface area contributed by atoms with Crippen LogP contribution in [0.2, 0.25) is 0 Å². The minimum atomic E-state index is -0.549. The van der Waals surface area contributed by atoms with E-state index in [1.54, 1.807) is 19.2 Å². The fourth-order valence-corrected chi connectivity index (χ4v) is 2.86. The van der Waals surface area contributed by atoms with Gasteiger partial charge in [0.25, 0.3) is 0 Å². The Balaban J connectivity index is 2.16. The molecule has 0 bridgehead atoms. The van der Waals surface area contributed by atoms with Gasteiger partial charge in [-0.1, -0.05) is 46.3 Å². The number of rotatable bonds is 4. The molecule has 2 aliphatic rings. The van der Waals surface area contributed by atoms with Crippen LogP contribution in [0.15, 0.2) is 64.1 Å². The molecular weight excluding hydrogens is 382 g/mol. The molecule has 0 aliphatic heterocycles. The van der Waals surface area contributed by atoms with Gasteiger partial charge in [-0.05, 0) is 36.8 Å². The number of carbonyl (C=O) groups excluding carboxylic acids is 1. The number of fused-ring (bicyclic) bond motifs is 1. The van der Waals surface area contributed by atoms with Gasteiger partial charge in [-0.2, -0.15) is 0 Å². The summed E-state index contributed by atoms with van der Waals surface area (Å²) in [5.74, 6) is -0.665. The maximum atomic E-state index is 12.3. The number of nitrogens with zero attached hydrogens (tertiary/aromatic N) is 1. The first kappa shape index (κ1) is 17.2. The molecular formula is C20H16BrNO3. The zero-order valence-electron chi connectivity index (χ0n) is 13.6. The Bertz CT molecular complexity index is 906. The highest BCUT2D eigenvalue weighted by Crippen LogP contribution is 2.41. The molecule has 0 heterocycles. The van der Waals surface area contributed by atoms with Crippen LogP contribution < -0.4 is 0 Å². The van der Waals surface area contributed by atoms with Gasteiger partial charge in [-0.25, -0.2) is 4.79 Å². The van der Waals surface area contributed by atoms with E-state index in [1.165, 1.54) is 0 Å². The quantitative estimate of drug-likeness (QED) is 0.486. The second kappa shape index (κ2) is 7.49. The van der Waals surface area contributed by atoms with Crippen molar-refractivity contribution >= 4 is 33.8 Å². The zero-order chi connectivity index (χ0) is 17.8.